The van der Waals surface area contributed by atoms with Crippen LogP contribution in [0.2, 0.25) is 0 Å². The van der Waals surface area contributed by atoms with E-state index in [0.29, 0.717) is 6.54 Å². The molecule has 15 heavy (non-hydrogen) atoms. The van der Waals surface area contributed by atoms with Crippen molar-refractivity contribution >= 4 is 5.82 Å². The zero-order chi connectivity index (χ0) is 10.8. The van der Waals surface area contributed by atoms with Crippen LogP contribution >= 0.6 is 0 Å². The number of rotatable bonds is 3. The molecule has 3 nitrogen and oxygen atoms in total. The zero-order valence-electron chi connectivity index (χ0n) is 9.58. The highest BCUT2D eigenvalue weighted by Crippen LogP contribution is 2.26. The molecule has 1 aromatic rings. The first-order valence-corrected chi connectivity index (χ1v) is 5.69. The number of anilines is 1. The predicted molar refractivity (Wildman–Crippen MR) is 63.1 cm³/mol. The molecule has 0 saturated carbocycles. The van der Waals surface area contributed by atoms with E-state index in [2.05, 4.69) is 24.9 Å². The van der Waals surface area contributed by atoms with E-state index in [-0.39, 0.29) is 0 Å². The Hall–Kier alpha value is -1.09. The normalized spacial score (nSPS) is 14.1. The number of nitrogens with zero attached hydrogens (tertiary/aromatic N) is 2. The molecule has 0 unspecified atom stereocenters. The van der Waals surface area contributed by atoms with Gasteiger partial charge in [0.05, 0.1) is 0 Å². The highest BCUT2D eigenvalue weighted by molar-refractivity contribution is 5.50. The fourth-order valence-corrected chi connectivity index (χ4v) is 2.14. The first-order chi connectivity index (χ1) is 7.26. The van der Waals surface area contributed by atoms with Gasteiger partial charge in [-0.1, -0.05) is 0 Å². The predicted octanol–water partition coefficient (Wildman–Crippen LogP) is 1.49. The molecule has 0 bridgehead atoms. The number of hydrogen-bond donors (Lipinski definition) is 1. The summed E-state index contributed by atoms with van der Waals surface area (Å²) in [5.74, 6) is 1.07. The molecule has 3 heteroatoms. The molecule has 1 aliphatic rings. The molecule has 0 spiro atoms. The molecule has 0 saturated heterocycles. The van der Waals surface area contributed by atoms with Crippen molar-refractivity contribution in [3.8, 4) is 0 Å². The average molecular weight is 205 g/mol. The van der Waals surface area contributed by atoms with Crippen LogP contribution in [0.5, 0.6) is 0 Å². The van der Waals surface area contributed by atoms with Gasteiger partial charge in [-0.3, -0.25) is 0 Å². The summed E-state index contributed by atoms with van der Waals surface area (Å²) in [5, 5.41) is 0. The topological polar surface area (TPSA) is 42.2 Å². The van der Waals surface area contributed by atoms with Crippen LogP contribution in [0.3, 0.4) is 0 Å². The number of nitrogens with two attached hydrogens (primary N) is 1. The second kappa shape index (κ2) is 4.19. The molecule has 2 rings (SSSR count). The molecule has 1 aliphatic carbocycles. The van der Waals surface area contributed by atoms with E-state index in [1.54, 1.807) is 0 Å². The van der Waals surface area contributed by atoms with Crippen molar-refractivity contribution in [1.82, 2.24) is 4.98 Å². The highest BCUT2D eigenvalue weighted by atomic mass is 15.2. The van der Waals surface area contributed by atoms with Crippen LogP contribution < -0.4 is 10.6 Å². The maximum Gasteiger partial charge on any atom is 0.133 e. The van der Waals surface area contributed by atoms with E-state index in [1.807, 2.05) is 0 Å². The maximum atomic E-state index is 5.77. The molecular weight excluding hydrogens is 186 g/mol. The molecule has 0 aromatic carbocycles. The molecule has 1 aromatic heterocycles. The zero-order valence-corrected chi connectivity index (χ0v) is 9.58. The summed E-state index contributed by atoms with van der Waals surface area (Å²) in [7, 11) is 2.07. The van der Waals surface area contributed by atoms with Gasteiger partial charge in [0.15, 0.2) is 0 Å². The third-order valence-corrected chi connectivity index (χ3v) is 3.16. The summed E-state index contributed by atoms with van der Waals surface area (Å²) in [4.78, 5) is 6.91. The molecule has 0 amide bonds. The van der Waals surface area contributed by atoms with Crippen LogP contribution in [0.4, 0.5) is 5.82 Å². The molecule has 2 N–H and O–H groups in total. The first-order valence-electron chi connectivity index (χ1n) is 5.69. The van der Waals surface area contributed by atoms with Gasteiger partial charge in [-0.2, -0.15) is 0 Å². The highest BCUT2D eigenvalue weighted by Gasteiger charge is 2.17. The Morgan fingerprint density at radius 1 is 1.47 bits per heavy atom. The van der Waals surface area contributed by atoms with Gasteiger partial charge in [-0.15, -0.1) is 0 Å². The Balaban J connectivity index is 2.44. The summed E-state index contributed by atoms with van der Waals surface area (Å²) in [6.45, 7) is 3.69. The van der Waals surface area contributed by atoms with Gasteiger partial charge in [0.1, 0.15) is 5.82 Å². The van der Waals surface area contributed by atoms with Crippen LogP contribution in [-0.2, 0) is 19.4 Å². The molecule has 1 heterocycles. The van der Waals surface area contributed by atoms with E-state index in [0.717, 1.165) is 18.8 Å². The van der Waals surface area contributed by atoms with Crippen LogP contribution in [0.25, 0.3) is 0 Å². The van der Waals surface area contributed by atoms with Crippen molar-refractivity contribution in [2.75, 3.05) is 18.5 Å². The fourth-order valence-electron chi connectivity index (χ4n) is 2.14. The summed E-state index contributed by atoms with van der Waals surface area (Å²) in [6.07, 6.45) is 3.54. The van der Waals surface area contributed by atoms with Gasteiger partial charge in [0, 0.05) is 31.4 Å². The first kappa shape index (κ1) is 10.4. The number of fused-ring (bicyclic) bond motifs is 1. The largest absolute Gasteiger partial charge is 0.360 e. The number of aromatic nitrogens is 1. The van der Waals surface area contributed by atoms with Crippen molar-refractivity contribution in [2.45, 2.75) is 32.7 Å². The monoisotopic (exact) mass is 205 g/mol. The van der Waals surface area contributed by atoms with Gasteiger partial charge >= 0.3 is 0 Å². The lowest BCUT2D eigenvalue weighted by Crippen LogP contribution is -2.21. The van der Waals surface area contributed by atoms with E-state index in [1.165, 1.54) is 29.7 Å². The van der Waals surface area contributed by atoms with Crippen LogP contribution in [0.1, 0.15) is 30.2 Å². The molecule has 0 radical (unpaired) electrons. The second-order valence-corrected chi connectivity index (χ2v) is 4.15. The Morgan fingerprint density at radius 2 is 2.27 bits per heavy atom. The minimum Gasteiger partial charge on any atom is -0.360 e. The van der Waals surface area contributed by atoms with E-state index >= 15 is 0 Å². The maximum absolute atomic E-state index is 5.77. The Morgan fingerprint density at radius 3 is 2.93 bits per heavy atom. The standard InChI is InChI=1S/C12H19N3/c1-3-15(2)12-10(8-13)7-9-5-4-6-11(9)14-12/h7H,3-6,8,13H2,1-2H3. The van der Waals surface area contributed by atoms with Gasteiger partial charge in [-0.25, -0.2) is 4.98 Å². The van der Waals surface area contributed by atoms with E-state index in [4.69, 9.17) is 10.7 Å². The summed E-state index contributed by atoms with van der Waals surface area (Å²) in [5.41, 5.74) is 9.64. The Kier molecular flexibility index (Phi) is 2.91. The van der Waals surface area contributed by atoms with Gasteiger partial charge in [-0.05, 0) is 37.8 Å². The quantitative estimate of drug-likeness (QED) is 0.813. The van der Waals surface area contributed by atoms with Gasteiger partial charge < -0.3 is 10.6 Å². The lowest BCUT2D eigenvalue weighted by Gasteiger charge is -2.20. The fraction of sp³-hybridized carbons (Fsp3) is 0.583. The number of hydrogen-bond acceptors (Lipinski definition) is 3. The average Bonchev–Trinajstić information content (AvgIpc) is 2.73. The Bertz CT molecular complexity index is 360. The molecular formula is C12H19N3. The lowest BCUT2D eigenvalue weighted by atomic mass is 10.1. The summed E-state index contributed by atoms with van der Waals surface area (Å²) in [6, 6.07) is 2.25. The van der Waals surface area contributed by atoms with Crippen LogP contribution in [-0.4, -0.2) is 18.6 Å². The minimum absolute atomic E-state index is 0.583. The van der Waals surface area contributed by atoms with Gasteiger partial charge in [0.2, 0.25) is 0 Å². The van der Waals surface area contributed by atoms with E-state index < -0.39 is 0 Å². The smallest absolute Gasteiger partial charge is 0.133 e. The van der Waals surface area contributed by atoms with Crippen molar-refractivity contribution in [3.05, 3.63) is 22.9 Å². The molecule has 0 atom stereocenters. The van der Waals surface area contributed by atoms with Crippen molar-refractivity contribution in [2.24, 2.45) is 5.73 Å². The van der Waals surface area contributed by atoms with Crippen LogP contribution in [0.15, 0.2) is 6.07 Å². The molecule has 0 aliphatic heterocycles. The van der Waals surface area contributed by atoms with Crippen molar-refractivity contribution in [3.63, 3.8) is 0 Å². The summed E-state index contributed by atoms with van der Waals surface area (Å²) < 4.78 is 0. The van der Waals surface area contributed by atoms with Crippen molar-refractivity contribution < 1.29 is 0 Å². The second-order valence-electron chi connectivity index (χ2n) is 4.15. The molecule has 0 fully saturated rings. The number of aryl methyl sites for hydroxylation is 2. The third-order valence-electron chi connectivity index (χ3n) is 3.16. The summed E-state index contributed by atoms with van der Waals surface area (Å²) >= 11 is 0. The number of pyridine rings is 1. The van der Waals surface area contributed by atoms with Crippen LogP contribution in [0, 0.1) is 0 Å². The SMILES string of the molecule is CCN(C)c1nc2c(cc1CN)CCC2. The van der Waals surface area contributed by atoms with Gasteiger partial charge in [0.25, 0.3) is 0 Å². The minimum atomic E-state index is 0.583. The molecule has 82 valence electrons. The lowest BCUT2D eigenvalue weighted by molar-refractivity contribution is 0.879. The Labute approximate surface area is 91.3 Å². The van der Waals surface area contributed by atoms with Crippen molar-refractivity contribution in [1.29, 1.82) is 0 Å². The van der Waals surface area contributed by atoms with E-state index in [9.17, 15) is 0 Å². The third kappa shape index (κ3) is 1.84.